The number of rotatable bonds is 4. The van der Waals surface area contributed by atoms with Gasteiger partial charge in [-0.2, -0.15) is 13.2 Å². The Morgan fingerprint density at radius 1 is 1.22 bits per heavy atom. The second kappa shape index (κ2) is 5.48. The number of benzene rings is 1. The molecule has 0 fully saturated rings. The van der Waals surface area contributed by atoms with E-state index in [0.29, 0.717) is 5.75 Å². The first-order valence-corrected chi connectivity index (χ1v) is 4.81. The topological polar surface area (TPSA) is 43.4 Å². The molecule has 0 amide bonds. The van der Waals surface area contributed by atoms with E-state index in [9.17, 15) is 22.8 Å². The summed E-state index contributed by atoms with van der Waals surface area (Å²) in [4.78, 5) is 22.1. The molecule has 0 radical (unpaired) electrons. The summed E-state index contributed by atoms with van der Waals surface area (Å²) in [6.45, 7) is 0. The number of hydrogen-bond donors (Lipinski definition) is 0. The van der Waals surface area contributed by atoms with Crippen molar-refractivity contribution in [1.82, 2.24) is 0 Å². The van der Waals surface area contributed by atoms with Gasteiger partial charge in [0.2, 0.25) is 0 Å². The van der Waals surface area contributed by atoms with E-state index in [2.05, 4.69) is 0 Å². The second-order valence-electron chi connectivity index (χ2n) is 3.32. The van der Waals surface area contributed by atoms with Crippen LogP contribution in [0.2, 0.25) is 0 Å². The molecule has 1 aromatic carbocycles. The molecule has 1 rings (SSSR count). The van der Waals surface area contributed by atoms with Crippen LogP contribution in [0.5, 0.6) is 5.75 Å². The van der Waals surface area contributed by atoms with Gasteiger partial charge in [0.15, 0.2) is 12.1 Å². The van der Waals surface area contributed by atoms with Gasteiger partial charge in [0.05, 0.1) is 12.7 Å². The van der Waals surface area contributed by atoms with E-state index < -0.39 is 17.5 Å². The quantitative estimate of drug-likeness (QED) is 0.274. The van der Waals surface area contributed by atoms with Gasteiger partial charge in [-0.3, -0.25) is 9.59 Å². The zero-order chi connectivity index (χ0) is 13.8. The SMILES string of the molecule is COc1ccc(C(=O)C(C=O)=CC(F)(F)F)cc1. The highest BCUT2D eigenvalue weighted by Gasteiger charge is 2.27. The normalized spacial score (nSPS) is 12.1. The average molecular weight is 258 g/mol. The zero-order valence-corrected chi connectivity index (χ0v) is 9.32. The summed E-state index contributed by atoms with van der Waals surface area (Å²) in [6.07, 6.45) is -5.13. The number of alkyl halides is 3. The Labute approximate surface area is 101 Å². The minimum absolute atomic E-state index is 0.0154. The lowest BCUT2D eigenvalue weighted by Crippen LogP contribution is -2.11. The number of methoxy groups -OCH3 is 1. The molecule has 0 aromatic heterocycles. The molecule has 0 atom stereocenters. The highest BCUT2D eigenvalue weighted by atomic mass is 19.4. The van der Waals surface area contributed by atoms with Gasteiger partial charge in [-0.1, -0.05) is 0 Å². The third kappa shape index (κ3) is 3.73. The lowest BCUT2D eigenvalue weighted by molar-refractivity contribution is -0.105. The van der Waals surface area contributed by atoms with Crippen molar-refractivity contribution in [2.75, 3.05) is 7.11 Å². The highest BCUT2D eigenvalue weighted by molar-refractivity contribution is 6.20. The smallest absolute Gasteiger partial charge is 0.410 e. The summed E-state index contributed by atoms with van der Waals surface area (Å²) >= 11 is 0. The molecule has 0 aliphatic rings. The molecule has 18 heavy (non-hydrogen) atoms. The van der Waals surface area contributed by atoms with Gasteiger partial charge in [-0.25, -0.2) is 0 Å². The van der Waals surface area contributed by atoms with E-state index in [1.54, 1.807) is 0 Å². The fraction of sp³-hybridized carbons (Fsp3) is 0.167. The van der Waals surface area contributed by atoms with E-state index in [1.165, 1.54) is 31.4 Å². The number of halogens is 3. The maximum Gasteiger partial charge on any atom is 0.410 e. The molecule has 0 aliphatic carbocycles. The van der Waals surface area contributed by atoms with Gasteiger partial charge >= 0.3 is 6.18 Å². The molecule has 0 N–H and O–H groups in total. The number of Topliss-reactive ketones (excluding diaryl/α,β-unsaturated/α-hetero) is 1. The van der Waals surface area contributed by atoms with E-state index in [4.69, 9.17) is 4.74 Å². The summed E-state index contributed by atoms with van der Waals surface area (Å²) in [6, 6.07) is 5.41. The van der Waals surface area contributed by atoms with Crippen LogP contribution in [-0.4, -0.2) is 25.4 Å². The predicted octanol–water partition coefficient (Wildman–Crippen LogP) is 2.57. The summed E-state index contributed by atoms with van der Waals surface area (Å²) in [5, 5.41) is 0. The second-order valence-corrected chi connectivity index (χ2v) is 3.32. The Kier molecular flexibility index (Phi) is 4.25. The molecular formula is C12H9F3O3. The number of aldehydes is 1. The van der Waals surface area contributed by atoms with Gasteiger partial charge in [-0.15, -0.1) is 0 Å². The molecule has 0 saturated carbocycles. The predicted molar refractivity (Wildman–Crippen MR) is 57.5 cm³/mol. The third-order valence-corrected chi connectivity index (χ3v) is 2.06. The van der Waals surface area contributed by atoms with Crippen LogP contribution >= 0.6 is 0 Å². The zero-order valence-electron chi connectivity index (χ0n) is 9.32. The Morgan fingerprint density at radius 3 is 2.17 bits per heavy atom. The van der Waals surface area contributed by atoms with Crippen LogP contribution in [0.3, 0.4) is 0 Å². The average Bonchev–Trinajstić information content (AvgIpc) is 2.34. The van der Waals surface area contributed by atoms with Crippen LogP contribution in [-0.2, 0) is 4.79 Å². The van der Waals surface area contributed by atoms with Crippen molar-refractivity contribution in [2.45, 2.75) is 6.18 Å². The van der Waals surface area contributed by atoms with Crippen molar-refractivity contribution >= 4 is 12.1 Å². The standard InChI is InChI=1S/C12H9F3O3/c1-18-10-4-2-8(3-5-10)11(17)9(7-16)6-12(13,14)15/h2-7H,1H3. The number of ether oxygens (including phenoxy) is 1. The van der Waals surface area contributed by atoms with Crippen LogP contribution in [0.4, 0.5) is 13.2 Å². The number of ketones is 1. The first kappa shape index (κ1) is 14.0. The van der Waals surface area contributed by atoms with E-state index in [-0.39, 0.29) is 17.9 Å². The van der Waals surface area contributed by atoms with Crippen LogP contribution in [0.1, 0.15) is 10.4 Å². The van der Waals surface area contributed by atoms with Crippen molar-refractivity contribution in [3.63, 3.8) is 0 Å². The Bertz CT molecular complexity index is 472. The van der Waals surface area contributed by atoms with Crippen molar-refractivity contribution in [3.05, 3.63) is 41.5 Å². The van der Waals surface area contributed by atoms with Gasteiger partial charge in [-0.05, 0) is 24.3 Å². The molecule has 0 saturated heterocycles. The number of carbonyl (C=O) groups excluding carboxylic acids is 2. The van der Waals surface area contributed by atoms with Gasteiger partial charge in [0, 0.05) is 11.6 Å². The summed E-state index contributed by atoms with van der Waals surface area (Å²) in [5.41, 5.74) is -0.953. The Hall–Kier alpha value is -2.11. The van der Waals surface area contributed by atoms with Crippen LogP contribution in [0.25, 0.3) is 0 Å². The maximum absolute atomic E-state index is 12.1. The van der Waals surface area contributed by atoms with Gasteiger partial charge < -0.3 is 4.74 Å². The molecule has 6 heteroatoms. The van der Waals surface area contributed by atoms with E-state index in [1.807, 2.05) is 0 Å². The summed E-state index contributed by atoms with van der Waals surface area (Å²) < 4.78 is 41.1. The minimum atomic E-state index is -4.71. The van der Waals surface area contributed by atoms with Crippen molar-refractivity contribution in [3.8, 4) is 5.75 Å². The minimum Gasteiger partial charge on any atom is -0.497 e. The number of hydrogen-bond acceptors (Lipinski definition) is 3. The van der Waals surface area contributed by atoms with Gasteiger partial charge in [0.1, 0.15) is 5.75 Å². The Morgan fingerprint density at radius 2 is 1.78 bits per heavy atom. The highest BCUT2D eigenvalue weighted by Crippen LogP contribution is 2.20. The Balaban J connectivity index is 3.04. The number of carbonyl (C=O) groups is 2. The van der Waals surface area contributed by atoms with Crippen molar-refractivity contribution in [1.29, 1.82) is 0 Å². The van der Waals surface area contributed by atoms with E-state index >= 15 is 0 Å². The van der Waals surface area contributed by atoms with E-state index in [0.717, 1.165) is 0 Å². The first-order valence-electron chi connectivity index (χ1n) is 4.81. The molecule has 0 aliphatic heterocycles. The fourth-order valence-electron chi connectivity index (χ4n) is 1.24. The molecule has 0 spiro atoms. The molecule has 96 valence electrons. The van der Waals surface area contributed by atoms with Crippen LogP contribution in [0, 0.1) is 0 Å². The maximum atomic E-state index is 12.1. The molecule has 3 nitrogen and oxygen atoms in total. The lowest BCUT2D eigenvalue weighted by atomic mass is 10.0. The van der Waals surface area contributed by atoms with Crippen LogP contribution < -0.4 is 4.74 Å². The lowest BCUT2D eigenvalue weighted by Gasteiger charge is -2.04. The van der Waals surface area contributed by atoms with Crippen LogP contribution in [0.15, 0.2) is 35.9 Å². The largest absolute Gasteiger partial charge is 0.497 e. The molecular weight excluding hydrogens is 249 g/mol. The first-order chi connectivity index (χ1) is 8.37. The molecule has 0 bridgehead atoms. The van der Waals surface area contributed by atoms with Gasteiger partial charge in [0.25, 0.3) is 0 Å². The third-order valence-electron chi connectivity index (χ3n) is 2.06. The summed E-state index contributed by atoms with van der Waals surface area (Å²) in [5.74, 6) is -0.524. The molecule has 0 unspecified atom stereocenters. The number of allylic oxidation sites excluding steroid dienone is 2. The summed E-state index contributed by atoms with van der Waals surface area (Å²) in [7, 11) is 1.41. The molecule has 0 heterocycles. The molecule has 1 aromatic rings. The fourth-order valence-corrected chi connectivity index (χ4v) is 1.24. The van der Waals surface area contributed by atoms with Crippen molar-refractivity contribution < 1.29 is 27.5 Å². The van der Waals surface area contributed by atoms with Crippen molar-refractivity contribution in [2.24, 2.45) is 0 Å². The monoisotopic (exact) mass is 258 g/mol.